The van der Waals surface area contributed by atoms with E-state index in [1.807, 2.05) is 11.8 Å². The molecule has 0 aliphatic carbocycles. The second-order valence-electron chi connectivity index (χ2n) is 6.33. The number of halogens is 4. The summed E-state index contributed by atoms with van der Waals surface area (Å²) in [6.07, 6.45) is -2.74. The number of carbonyl (C=O) groups excluding carboxylic acids is 2. The maximum absolute atomic E-state index is 12.9. The molecule has 9 heteroatoms. The Hall–Kier alpha value is -1.61. The molecule has 1 aliphatic heterocycles. The van der Waals surface area contributed by atoms with Gasteiger partial charge in [-0.05, 0) is 40.5 Å². The molecule has 1 heterocycles. The van der Waals surface area contributed by atoms with Crippen molar-refractivity contribution in [1.29, 1.82) is 0 Å². The first-order valence-corrected chi connectivity index (χ1v) is 9.55. The van der Waals surface area contributed by atoms with Crippen molar-refractivity contribution >= 4 is 27.8 Å². The summed E-state index contributed by atoms with van der Waals surface area (Å²) in [5.41, 5.74) is -0.875. The van der Waals surface area contributed by atoms with Gasteiger partial charge in [-0.15, -0.1) is 0 Å². The van der Waals surface area contributed by atoms with Crippen LogP contribution in [-0.2, 0) is 15.7 Å². The van der Waals surface area contributed by atoms with E-state index in [1.54, 1.807) is 0 Å². The number of unbranched alkanes of at least 4 members (excludes halogenated alkanes) is 1. The summed E-state index contributed by atoms with van der Waals surface area (Å²) in [5, 5.41) is 0. The molecule has 1 saturated heterocycles. The maximum atomic E-state index is 12.9. The fourth-order valence-corrected chi connectivity index (χ4v) is 3.12. The third-order valence-electron chi connectivity index (χ3n) is 4.30. The zero-order chi connectivity index (χ0) is 20.0. The Morgan fingerprint density at radius 2 is 1.85 bits per heavy atom. The van der Waals surface area contributed by atoms with Crippen molar-refractivity contribution in [3.05, 3.63) is 33.8 Å². The number of carbonyl (C=O) groups is 2. The Morgan fingerprint density at radius 3 is 2.44 bits per heavy atom. The van der Waals surface area contributed by atoms with E-state index in [0.717, 1.165) is 25.0 Å². The van der Waals surface area contributed by atoms with Crippen molar-refractivity contribution in [2.75, 3.05) is 39.3 Å². The molecule has 1 aromatic rings. The molecule has 0 spiro atoms. The molecule has 1 amide bonds. The number of rotatable bonds is 6. The minimum Gasteiger partial charge on any atom is -0.465 e. The molecular weight excluding hydrogens is 429 g/mol. The highest BCUT2D eigenvalue weighted by atomic mass is 79.9. The molecule has 0 atom stereocenters. The number of nitrogens with zero attached hydrogens (tertiary/aromatic N) is 2. The SMILES string of the molecule is CCCCOC(=O)CN1CCN(C(=O)c2cc(C(F)(F)F)ccc2Br)CC1. The predicted octanol–water partition coefficient (Wildman–Crippen LogP) is 3.57. The fourth-order valence-electron chi connectivity index (χ4n) is 2.70. The van der Waals surface area contributed by atoms with E-state index in [-0.39, 0.29) is 18.1 Å². The van der Waals surface area contributed by atoms with Crippen LogP contribution in [0.15, 0.2) is 22.7 Å². The van der Waals surface area contributed by atoms with Crippen molar-refractivity contribution < 1.29 is 27.5 Å². The van der Waals surface area contributed by atoms with Gasteiger partial charge < -0.3 is 9.64 Å². The molecule has 1 aromatic carbocycles. The third kappa shape index (κ3) is 6.21. The number of alkyl halides is 3. The van der Waals surface area contributed by atoms with Crippen molar-refractivity contribution in [2.24, 2.45) is 0 Å². The minimum absolute atomic E-state index is 0.0164. The van der Waals surface area contributed by atoms with E-state index >= 15 is 0 Å². The zero-order valence-electron chi connectivity index (χ0n) is 15.0. The molecule has 5 nitrogen and oxygen atoms in total. The lowest BCUT2D eigenvalue weighted by Gasteiger charge is -2.34. The first-order chi connectivity index (χ1) is 12.7. The van der Waals surface area contributed by atoms with Gasteiger partial charge in [0.15, 0.2) is 0 Å². The molecular formula is C18H22BrF3N2O3. The summed E-state index contributed by atoms with van der Waals surface area (Å²) in [6.45, 7) is 4.16. The smallest absolute Gasteiger partial charge is 0.416 e. The highest BCUT2D eigenvalue weighted by Gasteiger charge is 2.32. The molecule has 0 unspecified atom stereocenters. The Balaban J connectivity index is 1.92. The average molecular weight is 451 g/mol. The third-order valence-corrected chi connectivity index (χ3v) is 4.99. The highest BCUT2D eigenvalue weighted by molar-refractivity contribution is 9.10. The largest absolute Gasteiger partial charge is 0.465 e. The maximum Gasteiger partial charge on any atom is 0.416 e. The Bertz CT molecular complexity index is 674. The molecule has 0 N–H and O–H groups in total. The van der Waals surface area contributed by atoms with Crippen LogP contribution in [0.25, 0.3) is 0 Å². The lowest BCUT2D eigenvalue weighted by molar-refractivity contribution is -0.145. The average Bonchev–Trinajstić information content (AvgIpc) is 2.61. The minimum atomic E-state index is -4.51. The molecule has 27 heavy (non-hydrogen) atoms. The summed E-state index contributed by atoms with van der Waals surface area (Å²) < 4.78 is 44.1. The van der Waals surface area contributed by atoms with Gasteiger partial charge in [0.25, 0.3) is 5.91 Å². The summed E-state index contributed by atoms with van der Waals surface area (Å²) in [5.74, 6) is -0.762. The normalized spacial score (nSPS) is 15.7. The lowest BCUT2D eigenvalue weighted by atomic mass is 10.1. The van der Waals surface area contributed by atoms with E-state index in [1.165, 1.54) is 11.0 Å². The monoisotopic (exact) mass is 450 g/mol. The number of piperazine rings is 1. The fraction of sp³-hybridized carbons (Fsp3) is 0.556. The molecule has 0 radical (unpaired) electrons. The summed E-state index contributed by atoms with van der Waals surface area (Å²) in [7, 11) is 0. The number of hydrogen-bond acceptors (Lipinski definition) is 4. The number of hydrogen-bond donors (Lipinski definition) is 0. The van der Waals surface area contributed by atoms with Gasteiger partial charge in [0.1, 0.15) is 0 Å². The first kappa shape index (κ1) is 21.7. The van der Waals surface area contributed by atoms with Gasteiger partial charge in [-0.2, -0.15) is 13.2 Å². The zero-order valence-corrected chi connectivity index (χ0v) is 16.6. The predicted molar refractivity (Wildman–Crippen MR) is 97.4 cm³/mol. The highest BCUT2D eigenvalue weighted by Crippen LogP contribution is 2.32. The van der Waals surface area contributed by atoms with Crippen LogP contribution >= 0.6 is 15.9 Å². The number of benzene rings is 1. The van der Waals surface area contributed by atoms with E-state index in [2.05, 4.69) is 15.9 Å². The van der Waals surface area contributed by atoms with Gasteiger partial charge in [-0.1, -0.05) is 13.3 Å². The van der Waals surface area contributed by atoms with Gasteiger partial charge in [0.2, 0.25) is 0 Å². The van der Waals surface area contributed by atoms with E-state index < -0.39 is 17.6 Å². The van der Waals surface area contributed by atoms with Crippen LogP contribution in [0.3, 0.4) is 0 Å². The van der Waals surface area contributed by atoms with Crippen molar-refractivity contribution in [1.82, 2.24) is 9.80 Å². The van der Waals surface area contributed by atoms with Crippen molar-refractivity contribution in [2.45, 2.75) is 25.9 Å². The lowest BCUT2D eigenvalue weighted by Crippen LogP contribution is -2.50. The van der Waals surface area contributed by atoms with Crippen LogP contribution < -0.4 is 0 Å². The summed E-state index contributed by atoms with van der Waals surface area (Å²) >= 11 is 3.15. The standard InChI is InChI=1S/C18H22BrF3N2O3/c1-2-3-10-27-16(25)12-23-6-8-24(9-7-23)17(26)14-11-13(18(20,21)22)4-5-15(14)19/h4-5,11H,2-3,6-10,12H2,1H3. The number of amides is 1. The Morgan fingerprint density at radius 1 is 1.19 bits per heavy atom. The van der Waals surface area contributed by atoms with Gasteiger partial charge in [-0.3, -0.25) is 14.5 Å². The quantitative estimate of drug-likeness (QED) is 0.491. The molecule has 0 bridgehead atoms. The number of ether oxygens (including phenoxy) is 1. The topological polar surface area (TPSA) is 49.9 Å². The van der Waals surface area contributed by atoms with Crippen LogP contribution in [-0.4, -0.2) is 61.0 Å². The van der Waals surface area contributed by atoms with Gasteiger partial charge in [0.05, 0.1) is 24.3 Å². The molecule has 2 rings (SSSR count). The van der Waals surface area contributed by atoms with Crippen LogP contribution in [0.1, 0.15) is 35.7 Å². The van der Waals surface area contributed by atoms with Crippen molar-refractivity contribution in [3.63, 3.8) is 0 Å². The van der Waals surface area contributed by atoms with Gasteiger partial charge in [-0.25, -0.2) is 0 Å². The van der Waals surface area contributed by atoms with Crippen LogP contribution in [0.2, 0.25) is 0 Å². The number of esters is 1. The van der Waals surface area contributed by atoms with Gasteiger partial charge in [0, 0.05) is 30.7 Å². The molecule has 1 aliphatic rings. The Labute approximate surface area is 164 Å². The molecule has 150 valence electrons. The van der Waals surface area contributed by atoms with Gasteiger partial charge >= 0.3 is 12.1 Å². The van der Waals surface area contributed by atoms with Crippen LogP contribution in [0.4, 0.5) is 13.2 Å². The van der Waals surface area contributed by atoms with E-state index in [9.17, 15) is 22.8 Å². The van der Waals surface area contributed by atoms with Crippen LogP contribution in [0.5, 0.6) is 0 Å². The van der Waals surface area contributed by atoms with Crippen molar-refractivity contribution in [3.8, 4) is 0 Å². The second-order valence-corrected chi connectivity index (χ2v) is 7.19. The summed E-state index contributed by atoms with van der Waals surface area (Å²) in [4.78, 5) is 27.7. The van der Waals surface area contributed by atoms with E-state index in [4.69, 9.17) is 4.74 Å². The summed E-state index contributed by atoms with van der Waals surface area (Å²) in [6, 6.07) is 3.03. The van der Waals surface area contributed by atoms with Crippen LogP contribution in [0, 0.1) is 0 Å². The van der Waals surface area contributed by atoms with E-state index in [0.29, 0.717) is 37.3 Å². The first-order valence-electron chi connectivity index (χ1n) is 8.76. The molecule has 1 fully saturated rings. The molecule has 0 saturated carbocycles. The second kappa shape index (κ2) is 9.54. The Kier molecular flexibility index (Phi) is 7.67. The molecule has 0 aromatic heterocycles.